The lowest BCUT2D eigenvalue weighted by Gasteiger charge is -2.11. The second kappa shape index (κ2) is 5.06. The number of methoxy groups -OCH3 is 1. The standard InChI is InChI=1S/C13H11ClFNO/c1-17-13-6-5-9(14)7-12(13)16-11-4-2-3-10(15)8-11/h2-8,16H,1H3. The van der Waals surface area contributed by atoms with E-state index in [4.69, 9.17) is 16.3 Å². The maximum absolute atomic E-state index is 13.0. The van der Waals surface area contributed by atoms with Crippen molar-refractivity contribution in [2.24, 2.45) is 0 Å². The fourth-order valence-corrected chi connectivity index (χ4v) is 1.67. The Kier molecular flexibility index (Phi) is 3.49. The molecular formula is C13H11ClFNO. The monoisotopic (exact) mass is 251 g/mol. The van der Waals surface area contributed by atoms with Crippen molar-refractivity contribution in [1.29, 1.82) is 0 Å². The number of hydrogen-bond acceptors (Lipinski definition) is 2. The lowest BCUT2D eigenvalue weighted by molar-refractivity contribution is 0.417. The zero-order valence-electron chi connectivity index (χ0n) is 9.21. The summed E-state index contributed by atoms with van der Waals surface area (Å²) in [6, 6.07) is 11.4. The maximum Gasteiger partial charge on any atom is 0.142 e. The molecule has 0 spiro atoms. The van der Waals surface area contributed by atoms with E-state index in [9.17, 15) is 4.39 Å². The van der Waals surface area contributed by atoms with Crippen molar-refractivity contribution in [1.82, 2.24) is 0 Å². The van der Waals surface area contributed by atoms with Crippen LogP contribution in [0.1, 0.15) is 0 Å². The van der Waals surface area contributed by atoms with Crippen LogP contribution in [0.15, 0.2) is 42.5 Å². The molecular weight excluding hydrogens is 241 g/mol. The van der Waals surface area contributed by atoms with Gasteiger partial charge in [0, 0.05) is 10.7 Å². The Balaban J connectivity index is 2.32. The molecule has 0 radical (unpaired) electrons. The Morgan fingerprint density at radius 1 is 1.18 bits per heavy atom. The molecule has 0 bridgehead atoms. The normalized spacial score (nSPS) is 10.1. The van der Waals surface area contributed by atoms with Gasteiger partial charge in [-0.25, -0.2) is 4.39 Å². The Bertz CT molecular complexity index is 531. The van der Waals surface area contributed by atoms with Gasteiger partial charge in [-0.15, -0.1) is 0 Å². The van der Waals surface area contributed by atoms with E-state index in [-0.39, 0.29) is 5.82 Å². The largest absolute Gasteiger partial charge is 0.495 e. The summed E-state index contributed by atoms with van der Waals surface area (Å²) in [5.41, 5.74) is 1.34. The molecule has 1 N–H and O–H groups in total. The quantitative estimate of drug-likeness (QED) is 0.881. The molecule has 0 saturated heterocycles. The molecule has 0 amide bonds. The van der Waals surface area contributed by atoms with Crippen LogP contribution >= 0.6 is 11.6 Å². The SMILES string of the molecule is COc1ccc(Cl)cc1Nc1cccc(F)c1. The first-order valence-electron chi connectivity index (χ1n) is 5.05. The van der Waals surface area contributed by atoms with Crippen LogP contribution in [0.25, 0.3) is 0 Å². The fourth-order valence-electron chi connectivity index (χ4n) is 1.50. The molecule has 0 unspecified atom stereocenters. The summed E-state index contributed by atoms with van der Waals surface area (Å²) in [5.74, 6) is 0.356. The van der Waals surface area contributed by atoms with Crippen LogP contribution in [-0.4, -0.2) is 7.11 Å². The van der Waals surface area contributed by atoms with Crippen molar-refractivity contribution in [2.75, 3.05) is 12.4 Å². The van der Waals surface area contributed by atoms with Gasteiger partial charge in [-0.1, -0.05) is 17.7 Å². The van der Waals surface area contributed by atoms with Crippen LogP contribution in [-0.2, 0) is 0 Å². The Labute approximate surface area is 104 Å². The highest BCUT2D eigenvalue weighted by Gasteiger charge is 2.04. The molecule has 2 aromatic carbocycles. The number of ether oxygens (including phenoxy) is 1. The highest BCUT2D eigenvalue weighted by molar-refractivity contribution is 6.31. The minimum Gasteiger partial charge on any atom is -0.495 e. The average molecular weight is 252 g/mol. The maximum atomic E-state index is 13.0. The van der Waals surface area contributed by atoms with E-state index in [1.54, 1.807) is 37.4 Å². The predicted octanol–water partition coefficient (Wildman–Crippen LogP) is 4.23. The minimum absolute atomic E-state index is 0.295. The van der Waals surface area contributed by atoms with E-state index < -0.39 is 0 Å². The van der Waals surface area contributed by atoms with Gasteiger partial charge < -0.3 is 10.1 Å². The molecule has 2 rings (SSSR count). The second-order valence-corrected chi connectivity index (χ2v) is 3.92. The lowest BCUT2D eigenvalue weighted by atomic mass is 10.2. The summed E-state index contributed by atoms with van der Waals surface area (Å²) >= 11 is 5.90. The van der Waals surface area contributed by atoms with Crippen LogP contribution < -0.4 is 10.1 Å². The second-order valence-electron chi connectivity index (χ2n) is 3.48. The summed E-state index contributed by atoms with van der Waals surface area (Å²) in [6.45, 7) is 0. The molecule has 0 aliphatic carbocycles. The topological polar surface area (TPSA) is 21.3 Å². The summed E-state index contributed by atoms with van der Waals surface area (Å²) in [4.78, 5) is 0. The van der Waals surface area contributed by atoms with Crippen molar-refractivity contribution >= 4 is 23.0 Å². The number of rotatable bonds is 3. The van der Waals surface area contributed by atoms with Gasteiger partial charge in [0.15, 0.2) is 0 Å². The van der Waals surface area contributed by atoms with Gasteiger partial charge in [0.05, 0.1) is 12.8 Å². The third-order valence-corrected chi connectivity index (χ3v) is 2.50. The van der Waals surface area contributed by atoms with E-state index in [2.05, 4.69) is 5.32 Å². The van der Waals surface area contributed by atoms with Crippen LogP contribution in [0, 0.1) is 5.82 Å². The van der Waals surface area contributed by atoms with E-state index >= 15 is 0 Å². The Morgan fingerprint density at radius 2 is 2.00 bits per heavy atom. The van der Waals surface area contributed by atoms with Crippen molar-refractivity contribution in [3.8, 4) is 5.75 Å². The number of anilines is 2. The third kappa shape index (κ3) is 2.88. The number of benzene rings is 2. The summed E-state index contributed by atoms with van der Waals surface area (Å²) in [5, 5.41) is 3.64. The highest BCUT2D eigenvalue weighted by Crippen LogP contribution is 2.30. The van der Waals surface area contributed by atoms with Crippen LogP contribution in [0.4, 0.5) is 15.8 Å². The number of hydrogen-bond donors (Lipinski definition) is 1. The molecule has 4 heteroatoms. The van der Waals surface area contributed by atoms with Gasteiger partial charge in [0.1, 0.15) is 11.6 Å². The Morgan fingerprint density at radius 3 is 2.71 bits per heavy atom. The zero-order valence-corrected chi connectivity index (χ0v) is 9.96. The number of halogens is 2. The van der Waals surface area contributed by atoms with Gasteiger partial charge in [-0.3, -0.25) is 0 Å². The van der Waals surface area contributed by atoms with Crippen LogP contribution in [0.3, 0.4) is 0 Å². The molecule has 0 heterocycles. The van der Waals surface area contributed by atoms with Gasteiger partial charge in [-0.05, 0) is 36.4 Å². The van der Waals surface area contributed by atoms with E-state index in [0.29, 0.717) is 22.1 Å². The fraction of sp³-hybridized carbons (Fsp3) is 0.0769. The molecule has 0 atom stereocenters. The van der Waals surface area contributed by atoms with Crippen LogP contribution in [0.2, 0.25) is 5.02 Å². The van der Waals surface area contributed by atoms with Crippen LogP contribution in [0.5, 0.6) is 5.75 Å². The molecule has 17 heavy (non-hydrogen) atoms. The zero-order chi connectivity index (χ0) is 12.3. The van der Waals surface area contributed by atoms with Gasteiger partial charge in [0.2, 0.25) is 0 Å². The first-order chi connectivity index (χ1) is 8.19. The minimum atomic E-state index is -0.295. The summed E-state index contributed by atoms with van der Waals surface area (Å²) < 4.78 is 18.2. The van der Waals surface area contributed by atoms with E-state index in [0.717, 1.165) is 0 Å². The van der Waals surface area contributed by atoms with Gasteiger partial charge in [0.25, 0.3) is 0 Å². The molecule has 2 aromatic rings. The van der Waals surface area contributed by atoms with Crippen molar-refractivity contribution in [2.45, 2.75) is 0 Å². The summed E-state index contributed by atoms with van der Waals surface area (Å²) in [6.07, 6.45) is 0. The molecule has 0 aliphatic rings. The third-order valence-electron chi connectivity index (χ3n) is 2.27. The first-order valence-corrected chi connectivity index (χ1v) is 5.43. The number of nitrogens with one attached hydrogen (secondary N) is 1. The smallest absolute Gasteiger partial charge is 0.142 e. The average Bonchev–Trinajstić information content (AvgIpc) is 2.29. The molecule has 0 fully saturated rings. The first kappa shape index (κ1) is 11.7. The van der Waals surface area contributed by atoms with Crippen molar-refractivity contribution in [3.05, 3.63) is 53.3 Å². The van der Waals surface area contributed by atoms with Gasteiger partial charge >= 0.3 is 0 Å². The molecule has 88 valence electrons. The lowest BCUT2D eigenvalue weighted by Crippen LogP contribution is -1.94. The Hall–Kier alpha value is -1.74. The molecule has 2 nitrogen and oxygen atoms in total. The van der Waals surface area contributed by atoms with E-state index in [1.165, 1.54) is 12.1 Å². The van der Waals surface area contributed by atoms with Crippen molar-refractivity contribution in [3.63, 3.8) is 0 Å². The molecule has 0 aliphatic heterocycles. The predicted molar refractivity (Wildman–Crippen MR) is 67.7 cm³/mol. The van der Waals surface area contributed by atoms with Crippen molar-refractivity contribution < 1.29 is 9.13 Å². The van der Waals surface area contributed by atoms with E-state index in [1.807, 2.05) is 0 Å². The highest BCUT2D eigenvalue weighted by atomic mass is 35.5. The van der Waals surface area contributed by atoms with Gasteiger partial charge in [-0.2, -0.15) is 0 Å². The summed E-state index contributed by atoms with van der Waals surface area (Å²) in [7, 11) is 1.57. The molecule has 0 saturated carbocycles. The molecule has 0 aromatic heterocycles.